The Hall–Kier alpha value is -2.35. The first-order chi connectivity index (χ1) is 13.2. The highest BCUT2D eigenvalue weighted by Gasteiger charge is 2.42. The smallest absolute Gasteiger partial charge is 0.410 e. The molecule has 2 unspecified atom stereocenters. The number of piperidine rings is 1. The minimum atomic E-state index is -0.865. The quantitative estimate of drug-likeness (QED) is 0.868. The molecule has 4 rings (SSSR count). The number of carbonyl (C=O) groups excluding carboxylic acids is 1. The predicted octanol–water partition coefficient (Wildman–Crippen LogP) is 2.46. The molecule has 4 heterocycles. The molecular weight excluding hydrogens is 358 g/mol. The van der Waals surface area contributed by atoms with Crippen LogP contribution in [0.15, 0.2) is 24.5 Å². The predicted molar refractivity (Wildman–Crippen MR) is 105 cm³/mol. The van der Waals surface area contributed by atoms with Gasteiger partial charge in [0, 0.05) is 44.9 Å². The van der Waals surface area contributed by atoms with Crippen molar-refractivity contribution in [1.29, 1.82) is 0 Å². The van der Waals surface area contributed by atoms with Crippen molar-refractivity contribution in [2.24, 2.45) is 0 Å². The maximum Gasteiger partial charge on any atom is 0.410 e. The minimum absolute atomic E-state index is 0.105. The molecule has 0 aromatic carbocycles. The van der Waals surface area contributed by atoms with Crippen molar-refractivity contribution in [3.8, 4) is 0 Å². The molecule has 2 aliphatic rings. The van der Waals surface area contributed by atoms with Crippen molar-refractivity contribution in [1.82, 2.24) is 19.5 Å². The summed E-state index contributed by atoms with van der Waals surface area (Å²) in [6.07, 6.45) is 6.41. The van der Waals surface area contributed by atoms with Gasteiger partial charge in [-0.3, -0.25) is 0 Å². The average molecular weight is 387 g/mol. The van der Waals surface area contributed by atoms with Gasteiger partial charge in [-0.2, -0.15) is 0 Å². The van der Waals surface area contributed by atoms with E-state index in [4.69, 9.17) is 4.74 Å². The number of hydrogen-bond acceptors (Lipinski definition) is 6. The van der Waals surface area contributed by atoms with Crippen molar-refractivity contribution < 1.29 is 14.6 Å². The van der Waals surface area contributed by atoms with E-state index in [1.165, 1.54) is 0 Å². The summed E-state index contributed by atoms with van der Waals surface area (Å²) in [5, 5.41) is 14.8. The maximum absolute atomic E-state index is 12.8. The molecule has 0 radical (unpaired) electrons. The van der Waals surface area contributed by atoms with Gasteiger partial charge in [-0.15, -0.1) is 5.10 Å². The summed E-state index contributed by atoms with van der Waals surface area (Å²) in [6.45, 7) is 7.73. The average Bonchev–Trinajstić information content (AvgIpc) is 3.07. The standard InChI is InChI=1S/C20H29N5O3/c1-19(2,27)14-20(3)8-11-24(18(26)28-20)15-5-4-10-23(13-15)17-7-6-16-21-9-12-25(16)22-17/h6-7,9,12,15,27H,4-5,8,10-11,13-14H2,1-3H3. The molecule has 0 saturated carbocycles. The van der Waals surface area contributed by atoms with Crippen molar-refractivity contribution in [2.45, 2.75) is 63.7 Å². The Labute approximate surface area is 165 Å². The lowest BCUT2D eigenvalue weighted by atomic mass is 9.87. The highest BCUT2D eigenvalue weighted by atomic mass is 16.6. The number of rotatable bonds is 4. The van der Waals surface area contributed by atoms with E-state index in [-0.39, 0.29) is 12.1 Å². The second-order valence-electron chi connectivity index (χ2n) is 8.91. The van der Waals surface area contributed by atoms with Crippen LogP contribution in [0.2, 0.25) is 0 Å². The Morgan fingerprint density at radius 2 is 2.18 bits per heavy atom. The van der Waals surface area contributed by atoms with E-state index in [1.807, 2.05) is 30.2 Å². The first-order valence-electron chi connectivity index (χ1n) is 10.00. The number of carbonyl (C=O) groups is 1. The van der Waals surface area contributed by atoms with Gasteiger partial charge < -0.3 is 19.6 Å². The van der Waals surface area contributed by atoms with Crippen LogP contribution in [0.1, 0.15) is 46.5 Å². The largest absolute Gasteiger partial charge is 0.443 e. The van der Waals surface area contributed by atoms with Gasteiger partial charge in [-0.1, -0.05) is 0 Å². The van der Waals surface area contributed by atoms with Crippen molar-refractivity contribution >= 4 is 17.6 Å². The molecule has 2 fully saturated rings. The van der Waals surface area contributed by atoms with Crippen LogP contribution in [-0.4, -0.2) is 67.6 Å². The third-order valence-electron chi connectivity index (χ3n) is 5.66. The molecule has 2 aromatic heterocycles. The SMILES string of the molecule is CC(C)(O)CC1(C)CCN(C2CCCN(c3ccc4nccn4n3)C2)C(=O)O1. The minimum Gasteiger partial charge on any atom is -0.443 e. The number of ether oxygens (including phenoxy) is 1. The number of fused-ring (bicyclic) bond motifs is 1. The van der Waals surface area contributed by atoms with Crippen LogP contribution < -0.4 is 4.90 Å². The normalized spacial score (nSPS) is 26.6. The highest BCUT2D eigenvalue weighted by Crippen LogP contribution is 2.33. The number of anilines is 1. The molecule has 0 aliphatic carbocycles. The molecule has 8 nitrogen and oxygen atoms in total. The molecule has 2 atom stereocenters. The number of cyclic esters (lactones) is 1. The molecule has 2 saturated heterocycles. The fraction of sp³-hybridized carbons (Fsp3) is 0.650. The van der Waals surface area contributed by atoms with Crippen LogP contribution >= 0.6 is 0 Å². The zero-order valence-electron chi connectivity index (χ0n) is 16.8. The summed E-state index contributed by atoms with van der Waals surface area (Å²) in [5.74, 6) is 0.896. The second kappa shape index (κ2) is 6.92. The number of hydrogen-bond donors (Lipinski definition) is 1. The topological polar surface area (TPSA) is 83.2 Å². The summed E-state index contributed by atoms with van der Waals surface area (Å²) >= 11 is 0. The van der Waals surface area contributed by atoms with Crippen molar-refractivity contribution in [3.05, 3.63) is 24.5 Å². The van der Waals surface area contributed by atoms with E-state index < -0.39 is 11.2 Å². The van der Waals surface area contributed by atoms with Gasteiger partial charge in [0.15, 0.2) is 5.65 Å². The second-order valence-corrected chi connectivity index (χ2v) is 8.91. The van der Waals surface area contributed by atoms with Gasteiger partial charge in [-0.05, 0) is 45.7 Å². The maximum atomic E-state index is 12.8. The van der Waals surface area contributed by atoms with E-state index in [0.29, 0.717) is 13.0 Å². The lowest BCUT2D eigenvalue weighted by Crippen LogP contribution is -2.57. The van der Waals surface area contributed by atoms with Crippen LogP contribution in [0, 0.1) is 0 Å². The lowest BCUT2D eigenvalue weighted by molar-refractivity contribution is -0.0870. The van der Waals surface area contributed by atoms with Crippen LogP contribution in [0.25, 0.3) is 5.65 Å². The van der Waals surface area contributed by atoms with Crippen LogP contribution in [-0.2, 0) is 4.74 Å². The molecule has 2 aliphatic heterocycles. The molecular formula is C20H29N5O3. The highest BCUT2D eigenvalue weighted by molar-refractivity contribution is 5.69. The van der Waals surface area contributed by atoms with Gasteiger partial charge in [0.05, 0.1) is 11.6 Å². The first-order valence-corrected chi connectivity index (χ1v) is 10.00. The van der Waals surface area contributed by atoms with Gasteiger partial charge in [0.25, 0.3) is 0 Å². The van der Waals surface area contributed by atoms with E-state index in [0.717, 1.165) is 43.8 Å². The zero-order valence-corrected chi connectivity index (χ0v) is 16.8. The van der Waals surface area contributed by atoms with E-state index in [2.05, 4.69) is 15.0 Å². The number of aromatic nitrogens is 3. The first kappa shape index (κ1) is 19.0. The number of aliphatic hydroxyl groups is 1. The van der Waals surface area contributed by atoms with E-state index in [9.17, 15) is 9.90 Å². The Kier molecular flexibility index (Phi) is 4.69. The van der Waals surface area contributed by atoms with Crippen molar-refractivity contribution in [2.75, 3.05) is 24.5 Å². The summed E-state index contributed by atoms with van der Waals surface area (Å²) < 4.78 is 7.56. The van der Waals surface area contributed by atoms with Gasteiger partial charge in [-0.25, -0.2) is 14.3 Å². The Bertz CT molecular complexity index is 861. The molecule has 0 spiro atoms. The molecule has 152 valence electrons. The Morgan fingerprint density at radius 1 is 1.36 bits per heavy atom. The summed E-state index contributed by atoms with van der Waals surface area (Å²) in [6, 6.07) is 4.05. The van der Waals surface area contributed by atoms with Gasteiger partial charge in [0.1, 0.15) is 11.4 Å². The van der Waals surface area contributed by atoms with Crippen molar-refractivity contribution in [3.63, 3.8) is 0 Å². The Morgan fingerprint density at radius 3 is 2.93 bits per heavy atom. The summed E-state index contributed by atoms with van der Waals surface area (Å²) in [4.78, 5) is 21.1. The molecule has 28 heavy (non-hydrogen) atoms. The van der Waals surface area contributed by atoms with Crippen LogP contribution in [0.3, 0.4) is 0 Å². The van der Waals surface area contributed by atoms with Crippen LogP contribution in [0.4, 0.5) is 10.6 Å². The molecule has 1 amide bonds. The molecule has 2 aromatic rings. The fourth-order valence-corrected chi connectivity index (χ4v) is 4.53. The number of nitrogens with zero attached hydrogens (tertiary/aromatic N) is 5. The number of amides is 1. The van der Waals surface area contributed by atoms with E-state index >= 15 is 0 Å². The monoisotopic (exact) mass is 387 g/mol. The third-order valence-corrected chi connectivity index (χ3v) is 5.66. The summed E-state index contributed by atoms with van der Waals surface area (Å²) in [7, 11) is 0. The molecule has 0 bridgehead atoms. The van der Waals surface area contributed by atoms with Gasteiger partial charge >= 0.3 is 6.09 Å². The molecule has 1 N–H and O–H groups in total. The van der Waals surface area contributed by atoms with Gasteiger partial charge in [0.2, 0.25) is 0 Å². The van der Waals surface area contributed by atoms with Crippen LogP contribution in [0.5, 0.6) is 0 Å². The zero-order chi connectivity index (χ0) is 19.9. The number of imidazole rings is 1. The molecule has 8 heteroatoms. The summed E-state index contributed by atoms with van der Waals surface area (Å²) in [5.41, 5.74) is -0.659. The Balaban J connectivity index is 1.44. The fourth-order valence-electron chi connectivity index (χ4n) is 4.53. The van der Waals surface area contributed by atoms with E-state index in [1.54, 1.807) is 24.6 Å². The lowest BCUT2D eigenvalue weighted by Gasteiger charge is -2.46. The third kappa shape index (κ3) is 3.92.